The number of benzene rings is 1. The first kappa shape index (κ1) is 21.3. The van der Waals surface area contributed by atoms with Gasteiger partial charge in [-0.15, -0.1) is 11.3 Å². The maximum Gasteiger partial charge on any atom is 0.268 e. The minimum Gasteiger partial charge on any atom is -0.467 e. The molecule has 166 valence electrons. The molecule has 0 saturated heterocycles. The molecule has 5 rings (SSSR count). The van der Waals surface area contributed by atoms with E-state index in [0.717, 1.165) is 0 Å². The van der Waals surface area contributed by atoms with Gasteiger partial charge in [0.25, 0.3) is 5.56 Å². The highest BCUT2D eigenvalue weighted by Crippen LogP contribution is 2.33. The van der Waals surface area contributed by atoms with E-state index in [9.17, 15) is 9.59 Å². The molecule has 0 aliphatic heterocycles. The smallest absolute Gasteiger partial charge is 0.268 e. The number of carbonyl (C=O) groups excluding carboxylic acids is 1. The third-order valence-corrected chi connectivity index (χ3v) is 6.90. The highest BCUT2D eigenvalue weighted by atomic mass is 32.2. The van der Waals surface area contributed by atoms with Gasteiger partial charge in [0, 0.05) is 18.0 Å². The largest absolute Gasteiger partial charge is 0.467 e. The lowest BCUT2D eigenvalue weighted by atomic mass is 10.2. The van der Waals surface area contributed by atoms with Gasteiger partial charge >= 0.3 is 0 Å². The molecule has 0 radical (unpaired) electrons. The standard InChI is InChI=1S/C24H19N3O4S2/c1-26(13-17-9-5-11-30-17)20(28)15-33-24-25-22-21(18(14-32-22)19-10-6-12-31-19)23(29)27(24)16-7-3-2-4-8-16/h2-12,14H,13,15H2,1H3. The molecule has 4 heterocycles. The second-order valence-corrected chi connectivity index (χ2v) is 9.10. The van der Waals surface area contributed by atoms with Gasteiger partial charge in [-0.1, -0.05) is 30.0 Å². The molecule has 5 aromatic rings. The first-order valence-corrected chi connectivity index (χ1v) is 12.0. The Balaban J connectivity index is 1.51. The van der Waals surface area contributed by atoms with Crippen LogP contribution in [-0.2, 0) is 11.3 Å². The Bertz CT molecular complexity index is 1440. The number of furan rings is 2. The van der Waals surface area contributed by atoms with E-state index in [0.29, 0.717) is 44.7 Å². The van der Waals surface area contributed by atoms with Crippen molar-refractivity contribution in [3.8, 4) is 17.0 Å². The maximum absolute atomic E-state index is 13.7. The van der Waals surface area contributed by atoms with Gasteiger partial charge in [0.05, 0.1) is 35.9 Å². The molecule has 0 bridgehead atoms. The number of hydrogen-bond acceptors (Lipinski definition) is 7. The molecule has 0 aliphatic rings. The Kier molecular flexibility index (Phi) is 5.89. The minimum absolute atomic E-state index is 0.0900. The summed E-state index contributed by atoms with van der Waals surface area (Å²) in [5.74, 6) is 1.38. The fourth-order valence-electron chi connectivity index (χ4n) is 3.45. The number of nitrogens with zero attached hydrogens (tertiary/aromatic N) is 3. The zero-order valence-corrected chi connectivity index (χ0v) is 19.3. The van der Waals surface area contributed by atoms with Crippen molar-refractivity contribution in [2.75, 3.05) is 12.8 Å². The van der Waals surface area contributed by atoms with E-state index in [-0.39, 0.29) is 17.2 Å². The van der Waals surface area contributed by atoms with Crippen LogP contribution >= 0.6 is 23.1 Å². The van der Waals surface area contributed by atoms with Crippen LogP contribution in [0.25, 0.3) is 27.2 Å². The number of thioether (sulfide) groups is 1. The predicted molar refractivity (Wildman–Crippen MR) is 129 cm³/mol. The van der Waals surface area contributed by atoms with Crippen molar-refractivity contribution in [3.05, 3.63) is 88.6 Å². The third kappa shape index (κ3) is 4.24. The van der Waals surface area contributed by atoms with Crippen molar-refractivity contribution in [2.24, 2.45) is 0 Å². The molecule has 0 unspecified atom stereocenters. The number of para-hydroxylation sites is 1. The van der Waals surface area contributed by atoms with Crippen molar-refractivity contribution in [3.63, 3.8) is 0 Å². The van der Waals surface area contributed by atoms with E-state index in [1.54, 1.807) is 41.2 Å². The number of carbonyl (C=O) groups is 1. The summed E-state index contributed by atoms with van der Waals surface area (Å²) < 4.78 is 12.4. The van der Waals surface area contributed by atoms with E-state index >= 15 is 0 Å². The quantitative estimate of drug-likeness (QED) is 0.241. The van der Waals surface area contributed by atoms with Gasteiger partial charge in [-0.25, -0.2) is 4.98 Å². The minimum atomic E-state index is -0.197. The van der Waals surface area contributed by atoms with Crippen molar-refractivity contribution < 1.29 is 13.6 Å². The highest BCUT2D eigenvalue weighted by molar-refractivity contribution is 7.99. The lowest BCUT2D eigenvalue weighted by molar-refractivity contribution is -0.127. The molecular weight excluding hydrogens is 458 g/mol. The second-order valence-electron chi connectivity index (χ2n) is 7.30. The number of rotatable bonds is 7. The molecule has 0 spiro atoms. The second kappa shape index (κ2) is 9.13. The van der Waals surface area contributed by atoms with Crippen molar-refractivity contribution in [1.82, 2.24) is 14.5 Å². The Morgan fingerprint density at radius 2 is 1.88 bits per heavy atom. The molecule has 33 heavy (non-hydrogen) atoms. The van der Waals surface area contributed by atoms with Gasteiger partial charge in [-0.05, 0) is 36.4 Å². The lowest BCUT2D eigenvalue weighted by Crippen LogP contribution is -2.28. The molecule has 4 aromatic heterocycles. The molecule has 0 fully saturated rings. The fourth-order valence-corrected chi connectivity index (χ4v) is 5.37. The molecule has 0 N–H and O–H groups in total. The van der Waals surface area contributed by atoms with Crippen molar-refractivity contribution in [1.29, 1.82) is 0 Å². The zero-order valence-electron chi connectivity index (χ0n) is 17.6. The Hall–Kier alpha value is -3.56. The topological polar surface area (TPSA) is 81.5 Å². The van der Waals surface area contributed by atoms with Gasteiger partial charge in [-0.3, -0.25) is 14.2 Å². The maximum atomic E-state index is 13.7. The summed E-state index contributed by atoms with van der Waals surface area (Å²) in [6.07, 6.45) is 3.16. The number of amides is 1. The van der Waals surface area contributed by atoms with Gasteiger partial charge in [-0.2, -0.15) is 0 Å². The molecule has 1 aromatic carbocycles. The van der Waals surface area contributed by atoms with Crippen LogP contribution in [0.3, 0.4) is 0 Å². The third-order valence-electron chi connectivity index (χ3n) is 5.10. The van der Waals surface area contributed by atoms with Gasteiger partial charge in [0.2, 0.25) is 5.91 Å². The van der Waals surface area contributed by atoms with E-state index in [1.807, 2.05) is 47.8 Å². The molecule has 0 atom stereocenters. The molecule has 9 heteroatoms. The first-order chi connectivity index (χ1) is 16.1. The normalized spacial score (nSPS) is 11.2. The van der Waals surface area contributed by atoms with Gasteiger partial charge in [0.15, 0.2) is 5.16 Å². The number of hydrogen-bond donors (Lipinski definition) is 0. The van der Waals surface area contributed by atoms with Crippen LogP contribution < -0.4 is 5.56 Å². The monoisotopic (exact) mass is 477 g/mol. The van der Waals surface area contributed by atoms with E-state index in [2.05, 4.69) is 0 Å². The first-order valence-electron chi connectivity index (χ1n) is 10.1. The zero-order chi connectivity index (χ0) is 22.8. The van der Waals surface area contributed by atoms with E-state index in [4.69, 9.17) is 13.8 Å². The Labute approximate surface area is 197 Å². The highest BCUT2D eigenvalue weighted by Gasteiger charge is 2.21. The van der Waals surface area contributed by atoms with Crippen LogP contribution in [0.1, 0.15) is 5.76 Å². The van der Waals surface area contributed by atoms with Crippen molar-refractivity contribution >= 4 is 39.2 Å². The van der Waals surface area contributed by atoms with Crippen LogP contribution in [0.2, 0.25) is 0 Å². The summed E-state index contributed by atoms with van der Waals surface area (Å²) >= 11 is 2.62. The summed E-state index contributed by atoms with van der Waals surface area (Å²) in [5.41, 5.74) is 1.21. The molecule has 0 saturated carbocycles. The van der Waals surface area contributed by atoms with Crippen LogP contribution in [0.5, 0.6) is 0 Å². The molecule has 0 aliphatic carbocycles. The summed E-state index contributed by atoms with van der Waals surface area (Å²) in [6.45, 7) is 0.377. The SMILES string of the molecule is CN(Cc1ccco1)C(=O)CSc1nc2scc(-c3ccco3)c2c(=O)n1-c1ccccc1. The summed E-state index contributed by atoms with van der Waals surface area (Å²) in [7, 11) is 1.72. The molecular formula is C24H19N3O4S2. The van der Waals surface area contributed by atoms with Crippen LogP contribution in [0.4, 0.5) is 0 Å². The average Bonchev–Trinajstić information content (AvgIpc) is 3.59. The number of fused-ring (bicyclic) bond motifs is 1. The lowest BCUT2D eigenvalue weighted by Gasteiger charge is -2.16. The average molecular weight is 478 g/mol. The predicted octanol–water partition coefficient (Wildman–Crippen LogP) is 5.05. The Morgan fingerprint density at radius 1 is 1.09 bits per heavy atom. The summed E-state index contributed by atoms with van der Waals surface area (Å²) in [4.78, 5) is 33.4. The van der Waals surface area contributed by atoms with Crippen LogP contribution in [0, 0.1) is 0 Å². The van der Waals surface area contributed by atoms with Gasteiger partial charge < -0.3 is 13.7 Å². The Morgan fingerprint density at radius 3 is 2.61 bits per heavy atom. The van der Waals surface area contributed by atoms with Crippen LogP contribution in [0.15, 0.2) is 91.3 Å². The van der Waals surface area contributed by atoms with Gasteiger partial charge in [0.1, 0.15) is 16.4 Å². The van der Waals surface area contributed by atoms with Crippen molar-refractivity contribution in [2.45, 2.75) is 11.7 Å². The van der Waals surface area contributed by atoms with E-state index in [1.165, 1.54) is 23.1 Å². The summed E-state index contributed by atoms with van der Waals surface area (Å²) in [5, 5.41) is 2.85. The summed E-state index contributed by atoms with van der Waals surface area (Å²) in [6, 6.07) is 16.5. The van der Waals surface area contributed by atoms with E-state index < -0.39 is 0 Å². The molecule has 7 nitrogen and oxygen atoms in total. The molecule has 1 amide bonds. The van der Waals surface area contributed by atoms with Crippen LogP contribution in [-0.4, -0.2) is 33.2 Å². The fraction of sp³-hybridized carbons (Fsp3) is 0.125. The number of thiophene rings is 1. The number of aromatic nitrogens is 2.